The molecule has 0 unspecified atom stereocenters. The van der Waals surface area contributed by atoms with Crippen molar-refractivity contribution in [2.24, 2.45) is 0 Å². The van der Waals surface area contributed by atoms with E-state index in [1.54, 1.807) is 18.4 Å². The number of benzene rings is 2. The molecule has 0 N–H and O–H groups in total. The average Bonchev–Trinajstić information content (AvgIpc) is 3.23. The topological polar surface area (TPSA) is 55.3 Å². The summed E-state index contributed by atoms with van der Waals surface area (Å²) in [7, 11) is 1.67. The maximum Gasteiger partial charge on any atom is 0.253 e. The van der Waals surface area contributed by atoms with Crippen molar-refractivity contribution in [3.8, 4) is 5.75 Å². The Morgan fingerprint density at radius 2 is 1.79 bits per heavy atom. The van der Waals surface area contributed by atoms with E-state index >= 15 is 0 Å². The molecule has 5 nitrogen and oxygen atoms in total. The summed E-state index contributed by atoms with van der Waals surface area (Å²) in [5.74, 6) is 1.37. The molecule has 1 saturated heterocycles. The van der Waals surface area contributed by atoms with Crippen molar-refractivity contribution in [1.82, 2.24) is 15.1 Å². The second kappa shape index (κ2) is 8.52. The van der Waals surface area contributed by atoms with Gasteiger partial charge in [0.05, 0.1) is 7.11 Å². The van der Waals surface area contributed by atoms with Crippen LogP contribution in [0.4, 0.5) is 0 Å². The Bertz CT molecular complexity index is 916. The minimum Gasteiger partial charge on any atom is -0.497 e. The van der Waals surface area contributed by atoms with Gasteiger partial charge in [-0.25, -0.2) is 0 Å². The van der Waals surface area contributed by atoms with Gasteiger partial charge >= 0.3 is 0 Å². The zero-order valence-electron chi connectivity index (χ0n) is 15.9. The van der Waals surface area contributed by atoms with Gasteiger partial charge in [-0.05, 0) is 42.7 Å². The molecular weight excluding hydrogens is 370 g/mol. The molecule has 0 bridgehead atoms. The first-order chi connectivity index (χ1) is 13.7. The average molecular weight is 394 g/mol. The Labute approximate surface area is 169 Å². The van der Waals surface area contributed by atoms with E-state index in [1.807, 2.05) is 47.4 Å². The molecule has 2 aromatic carbocycles. The third-order valence-corrected chi connectivity index (χ3v) is 6.23. The monoisotopic (exact) mass is 393 g/mol. The van der Waals surface area contributed by atoms with Crippen LogP contribution in [0.25, 0.3) is 0 Å². The molecule has 6 heteroatoms. The van der Waals surface area contributed by atoms with E-state index in [1.165, 1.54) is 5.56 Å². The molecule has 1 aromatic heterocycles. The highest BCUT2D eigenvalue weighted by Gasteiger charge is 2.26. The molecule has 0 spiro atoms. The van der Waals surface area contributed by atoms with E-state index in [9.17, 15) is 4.79 Å². The molecule has 1 aliphatic heterocycles. The van der Waals surface area contributed by atoms with Gasteiger partial charge in [0.25, 0.3) is 5.91 Å². The standard InChI is InChI=1S/C22H23N3O2S/c1-27-19-9-7-16(8-10-19)15-20-23-24-21(28-20)17-11-13-25(14-12-17)22(26)18-5-3-2-4-6-18/h2-10,17H,11-15H2,1H3. The van der Waals surface area contributed by atoms with Gasteiger partial charge in [0.2, 0.25) is 0 Å². The molecule has 144 valence electrons. The van der Waals surface area contributed by atoms with Crippen LogP contribution in [0.15, 0.2) is 54.6 Å². The molecule has 2 heterocycles. The number of carbonyl (C=O) groups excluding carboxylic acids is 1. The molecule has 0 radical (unpaired) electrons. The SMILES string of the molecule is COc1ccc(Cc2nnc(C3CCN(C(=O)c4ccccc4)CC3)s2)cc1. The fraction of sp³-hybridized carbons (Fsp3) is 0.318. The Morgan fingerprint density at radius 1 is 1.07 bits per heavy atom. The minimum absolute atomic E-state index is 0.122. The van der Waals surface area contributed by atoms with Gasteiger partial charge in [-0.15, -0.1) is 21.5 Å². The molecular formula is C22H23N3O2S. The first kappa shape index (κ1) is 18.6. The number of piperidine rings is 1. The lowest BCUT2D eigenvalue weighted by molar-refractivity contribution is 0.0713. The normalized spacial score (nSPS) is 14.8. The largest absolute Gasteiger partial charge is 0.497 e. The number of hydrogen-bond acceptors (Lipinski definition) is 5. The van der Waals surface area contributed by atoms with Gasteiger partial charge in [0.15, 0.2) is 0 Å². The van der Waals surface area contributed by atoms with Crippen LogP contribution in [-0.2, 0) is 6.42 Å². The van der Waals surface area contributed by atoms with E-state index in [0.717, 1.165) is 53.7 Å². The van der Waals surface area contributed by atoms with Crippen LogP contribution in [0.3, 0.4) is 0 Å². The van der Waals surface area contributed by atoms with Crippen molar-refractivity contribution in [1.29, 1.82) is 0 Å². The zero-order valence-corrected chi connectivity index (χ0v) is 16.7. The Balaban J connectivity index is 1.34. The fourth-order valence-electron chi connectivity index (χ4n) is 3.51. The second-order valence-electron chi connectivity index (χ2n) is 6.99. The molecule has 1 aliphatic rings. The summed E-state index contributed by atoms with van der Waals surface area (Å²) in [5, 5.41) is 10.9. The van der Waals surface area contributed by atoms with Crippen molar-refractivity contribution in [2.75, 3.05) is 20.2 Å². The lowest BCUT2D eigenvalue weighted by Crippen LogP contribution is -2.37. The first-order valence-corrected chi connectivity index (χ1v) is 10.3. The zero-order chi connectivity index (χ0) is 19.3. The number of carbonyl (C=O) groups is 1. The number of rotatable bonds is 5. The van der Waals surface area contributed by atoms with Gasteiger partial charge in [0.1, 0.15) is 15.8 Å². The van der Waals surface area contributed by atoms with E-state index in [-0.39, 0.29) is 5.91 Å². The van der Waals surface area contributed by atoms with Crippen LogP contribution < -0.4 is 4.74 Å². The predicted octanol–water partition coefficient (Wildman–Crippen LogP) is 4.16. The number of nitrogens with zero attached hydrogens (tertiary/aromatic N) is 3. The number of aromatic nitrogens is 2. The highest BCUT2D eigenvalue weighted by molar-refractivity contribution is 7.11. The van der Waals surface area contributed by atoms with Crippen LogP contribution in [0.2, 0.25) is 0 Å². The summed E-state index contributed by atoms with van der Waals surface area (Å²) in [5.41, 5.74) is 1.96. The highest BCUT2D eigenvalue weighted by Crippen LogP contribution is 2.31. The summed E-state index contributed by atoms with van der Waals surface area (Å²) in [4.78, 5) is 14.5. The van der Waals surface area contributed by atoms with Gasteiger partial charge in [-0.1, -0.05) is 30.3 Å². The van der Waals surface area contributed by atoms with E-state index in [2.05, 4.69) is 22.3 Å². The molecule has 0 saturated carbocycles. The third kappa shape index (κ3) is 4.22. The second-order valence-corrected chi connectivity index (χ2v) is 8.09. The lowest BCUT2D eigenvalue weighted by Gasteiger charge is -2.31. The summed E-state index contributed by atoms with van der Waals surface area (Å²) in [6.45, 7) is 1.54. The van der Waals surface area contributed by atoms with Crippen LogP contribution >= 0.6 is 11.3 Å². The number of amides is 1. The molecule has 0 aliphatic carbocycles. The van der Waals surface area contributed by atoms with Crippen LogP contribution in [0.1, 0.15) is 44.7 Å². The number of hydrogen-bond donors (Lipinski definition) is 0. The number of ether oxygens (including phenoxy) is 1. The Kier molecular flexibility index (Phi) is 5.67. The molecule has 4 rings (SSSR count). The summed E-state index contributed by atoms with van der Waals surface area (Å²) in [6.07, 6.45) is 2.67. The number of methoxy groups -OCH3 is 1. The molecule has 1 amide bonds. The lowest BCUT2D eigenvalue weighted by atomic mass is 9.97. The number of likely N-dealkylation sites (tertiary alicyclic amines) is 1. The van der Waals surface area contributed by atoms with Crippen molar-refractivity contribution >= 4 is 17.2 Å². The Hall–Kier alpha value is -2.73. The van der Waals surface area contributed by atoms with Gasteiger partial charge < -0.3 is 9.64 Å². The fourth-order valence-corrected chi connectivity index (χ4v) is 4.56. The van der Waals surface area contributed by atoms with Gasteiger partial charge in [0, 0.05) is 31.0 Å². The summed E-state index contributed by atoms with van der Waals surface area (Å²) >= 11 is 1.69. The molecule has 3 aromatic rings. The van der Waals surface area contributed by atoms with Crippen molar-refractivity contribution < 1.29 is 9.53 Å². The van der Waals surface area contributed by atoms with Crippen LogP contribution in [0.5, 0.6) is 5.75 Å². The van der Waals surface area contributed by atoms with E-state index in [0.29, 0.717) is 5.92 Å². The molecule has 28 heavy (non-hydrogen) atoms. The van der Waals surface area contributed by atoms with E-state index in [4.69, 9.17) is 4.74 Å². The predicted molar refractivity (Wildman–Crippen MR) is 110 cm³/mol. The minimum atomic E-state index is 0.122. The quantitative estimate of drug-likeness (QED) is 0.653. The summed E-state index contributed by atoms with van der Waals surface area (Å²) in [6, 6.07) is 17.6. The highest BCUT2D eigenvalue weighted by atomic mass is 32.1. The van der Waals surface area contributed by atoms with Gasteiger partial charge in [-0.3, -0.25) is 4.79 Å². The van der Waals surface area contributed by atoms with Crippen molar-refractivity contribution in [2.45, 2.75) is 25.2 Å². The van der Waals surface area contributed by atoms with Crippen molar-refractivity contribution in [3.63, 3.8) is 0 Å². The van der Waals surface area contributed by atoms with Gasteiger partial charge in [-0.2, -0.15) is 0 Å². The van der Waals surface area contributed by atoms with Crippen LogP contribution in [-0.4, -0.2) is 41.2 Å². The molecule has 0 atom stereocenters. The maximum atomic E-state index is 12.6. The maximum absolute atomic E-state index is 12.6. The van der Waals surface area contributed by atoms with Crippen molar-refractivity contribution in [3.05, 3.63) is 75.7 Å². The van der Waals surface area contributed by atoms with Crippen LogP contribution in [0, 0.1) is 0 Å². The first-order valence-electron chi connectivity index (χ1n) is 9.52. The smallest absolute Gasteiger partial charge is 0.253 e. The van der Waals surface area contributed by atoms with E-state index < -0.39 is 0 Å². The Morgan fingerprint density at radius 3 is 2.46 bits per heavy atom. The molecule has 1 fully saturated rings. The third-order valence-electron chi connectivity index (χ3n) is 5.15. The summed E-state index contributed by atoms with van der Waals surface area (Å²) < 4.78 is 5.20.